The molecule has 0 aliphatic heterocycles. The van der Waals surface area contributed by atoms with Crippen LogP contribution in [0, 0.1) is 11.3 Å². The fourth-order valence-electron chi connectivity index (χ4n) is 5.43. The normalized spacial score (nSPS) is 30.2. The predicted molar refractivity (Wildman–Crippen MR) is 96.5 cm³/mol. The van der Waals surface area contributed by atoms with Crippen molar-refractivity contribution >= 4 is 16.1 Å². The second kappa shape index (κ2) is 7.45. The molecule has 1 fully saturated rings. The zero-order chi connectivity index (χ0) is 19.5. The molecule has 0 amide bonds. The van der Waals surface area contributed by atoms with Crippen molar-refractivity contribution in [2.24, 2.45) is 11.3 Å². The molecule has 27 heavy (non-hydrogen) atoms. The van der Waals surface area contributed by atoms with Crippen LogP contribution >= 0.6 is 0 Å². The average molecular weight is 402 g/mol. The Bertz CT molecular complexity index is 863. The molecule has 0 radical (unpaired) electrons. The van der Waals surface area contributed by atoms with Crippen LogP contribution in [0.25, 0.3) is 0 Å². The molecule has 3 atom stereocenters. The third-order valence-corrected chi connectivity index (χ3v) is 7.76. The minimum atomic E-state index is -4.35. The van der Waals surface area contributed by atoms with Crippen molar-refractivity contribution in [3.8, 4) is 0 Å². The Morgan fingerprint density at radius 3 is 2.41 bits per heavy atom. The van der Waals surface area contributed by atoms with E-state index < -0.39 is 26.9 Å². The van der Waals surface area contributed by atoms with Gasteiger partial charge < -0.3 is 9.90 Å². The molecule has 7 heteroatoms. The monoisotopic (exact) mass is 402 g/mol. The van der Waals surface area contributed by atoms with Crippen molar-refractivity contribution in [1.82, 2.24) is 0 Å². The first-order chi connectivity index (χ1) is 11.9. The number of hydrogen-bond acceptors (Lipinski definition) is 4. The Morgan fingerprint density at radius 1 is 1.26 bits per heavy atom. The second-order valence-corrected chi connectivity index (χ2v) is 10.1. The molecule has 0 bridgehead atoms. The van der Waals surface area contributed by atoms with Crippen LogP contribution < -0.4 is 34.7 Å². The zero-order valence-corrected chi connectivity index (χ0v) is 19.6. The van der Waals surface area contributed by atoms with E-state index in [0.717, 1.165) is 30.4 Å². The molecule has 0 saturated heterocycles. The summed E-state index contributed by atoms with van der Waals surface area (Å²) in [6, 6.07) is 3.50. The number of fused-ring (bicyclic) bond motifs is 3. The molecule has 144 valence electrons. The predicted octanol–water partition coefficient (Wildman–Crippen LogP) is -0.179. The standard InChI is InChI=1S/C20H28O5S.Na/c1-12(2)14-10-13-6-7-17-19(3,8-5-9-20(17,4)18(21)22)15(13)11-16(14)26(23,24)25;/h10-12,17H,5-9H2,1-4H3,(H,21,22)(H,23,24,25);/q;+1/p-1/t17-,19?,20-;/m1./s1. The number of rotatable bonds is 3. The maximum absolute atomic E-state index is 12.0. The van der Waals surface area contributed by atoms with E-state index in [1.807, 2.05) is 26.8 Å². The molecule has 1 saturated carbocycles. The molecule has 1 N–H and O–H groups in total. The summed E-state index contributed by atoms with van der Waals surface area (Å²) >= 11 is 0. The summed E-state index contributed by atoms with van der Waals surface area (Å²) in [5.74, 6) is -1.17. The minimum Gasteiger partial charge on any atom is -0.550 e. The first-order valence-corrected chi connectivity index (χ1v) is 10.7. The summed E-state index contributed by atoms with van der Waals surface area (Å²) in [7, 11) is -4.35. The van der Waals surface area contributed by atoms with E-state index in [9.17, 15) is 22.9 Å². The minimum absolute atomic E-state index is 0. The van der Waals surface area contributed by atoms with Crippen LogP contribution in [0.5, 0.6) is 0 Å². The van der Waals surface area contributed by atoms with Gasteiger partial charge in [-0.2, -0.15) is 8.42 Å². The van der Waals surface area contributed by atoms with Gasteiger partial charge in [0.2, 0.25) is 0 Å². The van der Waals surface area contributed by atoms with E-state index in [1.54, 1.807) is 13.0 Å². The Labute approximate surface area is 184 Å². The van der Waals surface area contributed by atoms with Crippen molar-refractivity contribution in [3.05, 3.63) is 28.8 Å². The SMILES string of the molecule is CC(C)c1cc2c(cc1S(=O)(=O)O)C1(C)CCC[C@@](C)(C(=O)[O-])[C@@H]1CC2.[Na+]. The summed E-state index contributed by atoms with van der Waals surface area (Å²) < 4.78 is 33.8. The molecule has 0 spiro atoms. The fraction of sp³-hybridized carbons (Fsp3) is 0.650. The molecular weight excluding hydrogens is 375 g/mol. The van der Waals surface area contributed by atoms with Crippen LogP contribution in [-0.4, -0.2) is 18.9 Å². The van der Waals surface area contributed by atoms with E-state index in [-0.39, 0.29) is 46.3 Å². The number of carboxylic acids is 1. The van der Waals surface area contributed by atoms with Crippen LogP contribution in [0.2, 0.25) is 0 Å². The van der Waals surface area contributed by atoms with Gasteiger partial charge in [-0.05, 0) is 65.7 Å². The second-order valence-electron chi connectivity index (χ2n) is 8.74. The Kier molecular flexibility index (Phi) is 6.31. The van der Waals surface area contributed by atoms with Crippen LogP contribution in [0.4, 0.5) is 0 Å². The van der Waals surface area contributed by atoms with Gasteiger partial charge in [0.1, 0.15) is 0 Å². The van der Waals surface area contributed by atoms with E-state index >= 15 is 0 Å². The zero-order valence-electron chi connectivity index (χ0n) is 16.8. The smallest absolute Gasteiger partial charge is 0.550 e. The number of carbonyl (C=O) groups excluding carboxylic acids is 1. The summed E-state index contributed by atoms with van der Waals surface area (Å²) in [5, 5.41) is 11.9. The van der Waals surface area contributed by atoms with Crippen LogP contribution in [0.15, 0.2) is 17.0 Å². The third-order valence-electron chi connectivity index (χ3n) is 6.85. The number of aryl methyl sites for hydroxylation is 1. The maximum Gasteiger partial charge on any atom is 1.00 e. The molecule has 0 heterocycles. The third kappa shape index (κ3) is 3.64. The molecular formula is C20H27NaO5S. The Hall–Kier alpha value is -0.400. The molecule has 1 aromatic carbocycles. The molecule has 1 aromatic rings. The number of carboxylic acid groups (broad SMARTS) is 1. The fourth-order valence-corrected chi connectivity index (χ4v) is 6.29. The molecule has 2 aliphatic carbocycles. The van der Waals surface area contributed by atoms with Gasteiger partial charge in [0, 0.05) is 11.4 Å². The Morgan fingerprint density at radius 2 is 1.89 bits per heavy atom. The molecule has 3 rings (SSSR count). The quantitative estimate of drug-likeness (QED) is 0.559. The van der Waals surface area contributed by atoms with Crippen molar-refractivity contribution in [3.63, 3.8) is 0 Å². The first-order valence-electron chi connectivity index (χ1n) is 9.27. The molecule has 5 nitrogen and oxygen atoms in total. The van der Waals surface area contributed by atoms with E-state index in [2.05, 4.69) is 0 Å². The van der Waals surface area contributed by atoms with Gasteiger partial charge in [-0.3, -0.25) is 4.55 Å². The molecule has 2 aliphatic rings. The summed E-state index contributed by atoms with van der Waals surface area (Å²) in [6.45, 7) is 7.61. The van der Waals surface area contributed by atoms with Gasteiger partial charge in [-0.1, -0.05) is 40.2 Å². The Balaban J connectivity index is 0.00000261. The van der Waals surface area contributed by atoms with Crippen LogP contribution in [-0.2, 0) is 26.7 Å². The maximum atomic E-state index is 12.0. The summed E-state index contributed by atoms with van der Waals surface area (Å²) in [4.78, 5) is 11.9. The topological polar surface area (TPSA) is 94.5 Å². The van der Waals surface area contributed by atoms with Crippen LogP contribution in [0.3, 0.4) is 0 Å². The summed E-state index contributed by atoms with van der Waals surface area (Å²) in [5.41, 5.74) is 1.21. The van der Waals surface area contributed by atoms with Gasteiger partial charge in [-0.15, -0.1) is 0 Å². The van der Waals surface area contributed by atoms with E-state index in [1.165, 1.54) is 0 Å². The molecule has 1 unspecified atom stereocenters. The van der Waals surface area contributed by atoms with Gasteiger partial charge in [-0.25, -0.2) is 0 Å². The van der Waals surface area contributed by atoms with Crippen molar-refractivity contribution < 1.29 is 52.4 Å². The van der Waals surface area contributed by atoms with Crippen molar-refractivity contribution in [2.45, 2.75) is 76.0 Å². The number of carbonyl (C=O) groups is 1. The average Bonchev–Trinajstić information content (AvgIpc) is 2.52. The number of aliphatic carboxylic acids is 1. The first kappa shape index (κ1) is 22.9. The molecule has 0 aromatic heterocycles. The number of benzene rings is 1. The van der Waals surface area contributed by atoms with Gasteiger partial charge in [0.05, 0.1) is 4.90 Å². The number of hydrogen-bond donors (Lipinski definition) is 1. The van der Waals surface area contributed by atoms with E-state index in [4.69, 9.17) is 0 Å². The van der Waals surface area contributed by atoms with Crippen molar-refractivity contribution in [1.29, 1.82) is 0 Å². The van der Waals surface area contributed by atoms with Crippen LogP contribution in [0.1, 0.15) is 76.0 Å². The van der Waals surface area contributed by atoms with Gasteiger partial charge in [0.25, 0.3) is 10.1 Å². The van der Waals surface area contributed by atoms with Gasteiger partial charge >= 0.3 is 29.6 Å². The van der Waals surface area contributed by atoms with E-state index in [0.29, 0.717) is 18.4 Å². The van der Waals surface area contributed by atoms with Crippen molar-refractivity contribution in [2.75, 3.05) is 0 Å². The van der Waals surface area contributed by atoms with Gasteiger partial charge in [0.15, 0.2) is 0 Å². The largest absolute Gasteiger partial charge is 1.00 e. The summed E-state index contributed by atoms with van der Waals surface area (Å²) in [6.07, 6.45) is 3.60.